The van der Waals surface area contributed by atoms with E-state index in [2.05, 4.69) is 45.0 Å². The quantitative estimate of drug-likeness (QED) is 0.769. The van der Waals surface area contributed by atoms with E-state index in [0.717, 1.165) is 5.56 Å². The lowest BCUT2D eigenvalue weighted by Gasteiger charge is -2.23. The topological polar surface area (TPSA) is 52.0 Å². The van der Waals surface area contributed by atoms with Crippen LogP contribution in [-0.2, 0) is 0 Å². The van der Waals surface area contributed by atoms with Crippen molar-refractivity contribution in [1.82, 2.24) is 0 Å². The molecule has 0 aliphatic heterocycles. The van der Waals surface area contributed by atoms with Gasteiger partial charge in [-0.2, -0.15) is 0 Å². The van der Waals surface area contributed by atoms with Crippen molar-refractivity contribution in [3.8, 4) is 0 Å². The third-order valence-corrected chi connectivity index (χ3v) is 2.65. The number of aryl methyl sites for hydroxylation is 1. The Morgan fingerprint density at radius 1 is 1.00 bits per heavy atom. The Hall–Kier alpha value is -0.860. The fourth-order valence-corrected chi connectivity index (χ4v) is 1.43. The van der Waals surface area contributed by atoms with E-state index in [9.17, 15) is 0 Å². The van der Waals surface area contributed by atoms with Gasteiger partial charge in [0.05, 0.1) is 0 Å². The van der Waals surface area contributed by atoms with Crippen molar-refractivity contribution in [2.24, 2.45) is 17.4 Å². The van der Waals surface area contributed by atoms with E-state index in [-0.39, 0.29) is 12.1 Å². The van der Waals surface area contributed by atoms with Gasteiger partial charge in [0.25, 0.3) is 0 Å². The predicted octanol–water partition coefficient (Wildman–Crippen LogP) is 1.98. The van der Waals surface area contributed by atoms with Crippen LogP contribution in [-0.4, -0.2) is 6.04 Å². The molecule has 0 saturated heterocycles. The highest BCUT2D eigenvalue weighted by molar-refractivity contribution is 5.24. The van der Waals surface area contributed by atoms with Crippen LogP contribution in [0.1, 0.15) is 31.0 Å². The molecule has 0 aliphatic carbocycles. The molecular weight excluding hydrogens is 172 g/mol. The summed E-state index contributed by atoms with van der Waals surface area (Å²) in [6, 6.07) is 8.22. The lowest BCUT2D eigenvalue weighted by molar-refractivity contribution is 0.423. The third-order valence-electron chi connectivity index (χ3n) is 2.65. The Morgan fingerprint density at radius 3 is 1.93 bits per heavy atom. The Bertz CT molecular complexity index is 277. The first-order valence-corrected chi connectivity index (χ1v) is 5.10. The van der Waals surface area contributed by atoms with Gasteiger partial charge in [0.1, 0.15) is 0 Å². The molecule has 78 valence electrons. The van der Waals surface area contributed by atoms with E-state index in [1.54, 1.807) is 0 Å². The number of rotatable bonds is 3. The van der Waals surface area contributed by atoms with Crippen LogP contribution in [0.4, 0.5) is 0 Å². The molecule has 2 nitrogen and oxygen atoms in total. The summed E-state index contributed by atoms with van der Waals surface area (Å²) in [5.74, 6) is 0.409. The van der Waals surface area contributed by atoms with Crippen molar-refractivity contribution in [3.05, 3.63) is 35.4 Å². The van der Waals surface area contributed by atoms with Crippen LogP contribution in [0.5, 0.6) is 0 Å². The molecule has 0 saturated carbocycles. The molecule has 0 unspecified atom stereocenters. The fourth-order valence-electron chi connectivity index (χ4n) is 1.43. The lowest BCUT2D eigenvalue weighted by Crippen LogP contribution is -2.38. The van der Waals surface area contributed by atoms with E-state index in [4.69, 9.17) is 11.5 Å². The summed E-state index contributed by atoms with van der Waals surface area (Å²) in [6.45, 7) is 6.26. The molecule has 1 aromatic carbocycles. The van der Waals surface area contributed by atoms with E-state index in [1.807, 2.05) is 0 Å². The molecule has 1 rings (SSSR count). The second kappa shape index (κ2) is 4.58. The first kappa shape index (κ1) is 11.2. The average Bonchev–Trinajstić information content (AvgIpc) is 2.16. The Morgan fingerprint density at radius 2 is 1.50 bits per heavy atom. The number of nitrogens with two attached hydrogens (primary N) is 2. The van der Waals surface area contributed by atoms with Gasteiger partial charge < -0.3 is 11.5 Å². The van der Waals surface area contributed by atoms with Gasteiger partial charge in [-0.25, -0.2) is 0 Å². The van der Waals surface area contributed by atoms with Gasteiger partial charge in [-0.3, -0.25) is 0 Å². The highest BCUT2D eigenvalue weighted by Crippen LogP contribution is 2.18. The van der Waals surface area contributed by atoms with E-state index >= 15 is 0 Å². The number of benzene rings is 1. The smallest absolute Gasteiger partial charge is 0.0451 e. The largest absolute Gasteiger partial charge is 0.326 e. The van der Waals surface area contributed by atoms with Crippen LogP contribution in [0.2, 0.25) is 0 Å². The monoisotopic (exact) mass is 192 g/mol. The summed E-state index contributed by atoms with van der Waals surface area (Å²) in [5.41, 5.74) is 14.4. The molecule has 0 heterocycles. The molecule has 0 bridgehead atoms. The summed E-state index contributed by atoms with van der Waals surface area (Å²) in [6.07, 6.45) is 0. The predicted molar refractivity (Wildman–Crippen MR) is 60.9 cm³/mol. The molecule has 4 N–H and O–H groups in total. The first-order valence-electron chi connectivity index (χ1n) is 5.10. The maximum atomic E-state index is 6.06. The summed E-state index contributed by atoms with van der Waals surface area (Å²) < 4.78 is 0. The molecule has 0 spiro atoms. The van der Waals surface area contributed by atoms with Crippen molar-refractivity contribution >= 4 is 0 Å². The normalized spacial score (nSPS) is 15.6. The molecule has 0 fully saturated rings. The van der Waals surface area contributed by atoms with E-state index < -0.39 is 0 Å². The van der Waals surface area contributed by atoms with Crippen molar-refractivity contribution in [2.45, 2.75) is 32.9 Å². The molecular formula is C12H20N2. The van der Waals surface area contributed by atoms with Crippen LogP contribution >= 0.6 is 0 Å². The third kappa shape index (κ3) is 2.56. The number of hydrogen-bond acceptors (Lipinski definition) is 2. The molecule has 2 atom stereocenters. The zero-order valence-electron chi connectivity index (χ0n) is 9.20. The van der Waals surface area contributed by atoms with Crippen molar-refractivity contribution in [3.63, 3.8) is 0 Å². The van der Waals surface area contributed by atoms with Crippen molar-refractivity contribution < 1.29 is 0 Å². The second-order valence-electron chi connectivity index (χ2n) is 4.26. The van der Waals surface area contributed by atoms with Crippen LogP contribution in [0.15, 0.2) is 24.3 Å². The molecule has 14 heavy (non-hydrogen) atoms. The van der Waals surface area contributed by atoms with Gasteiger partial charge in [-0.05, 0) is 18.4 Å². The van der Waals surface area contributed by atoms with E-state index in [1.165, 1.54) is 5.56 Å². The molecule has 0 amide bonds. The maximum Gasteiger partial charge on any atom is 0.0451 e. The number of hydrogen-bond donors (Lipinski definition) is 2. The summed E-state index contributed by atoms with van der Waals surface area (Å²) >= 11 is 0. The van der Waals surface area contributed by atoms with Crippen LogP contribution < -0.4 is 11.5 Å². The Kier molecular flexibility index (Phi) is 3.67. The van der Waals surface area contributed by atoms with Gasteiger partial charge in [-0.1, -0.05) is 43.7 Å². The minimum atomic E-state index is -0.0596. The molecule has 0 aliphatic rings. The first-order chi connectivity index (χ1) is 6.52. The van der Waals surface area contributed by atoms with Gasteiger partial charge in [0, 0.05) is 12.1 Å². The van der Waals surface area contributed by atoms with Crippen LogP contribution in [0.25, 0.3) is 0 Å². The molecule has 2 heteroatoms. The van der Waals surface area contributed by atoms with Gasteiger partial charge in [-0.15, -0.1) is 0 Å². The highest BCUT2D eigenvalue weighted by atomic mass is 14.8. The van der Waals surface area contributed by atoms with Crippen molar-refractivity contribution in [1.29, 1.82) is 0 Å². The van der Waals surface area contributed by atoms with E-state index in [0.29, 0.717) is 5.92 Å². The van der Waals surface area contributed by atoms with Crippen molar-refractivity contribution in [2.75, 3.05) is 0 Å². The Balaban J connectivity index is 2.78. The molecule has 1 aromatic rings. The minimum absolute atomic E-state index is 0.0257. The minimum Gasteiger partial charge on any atom is -0.326 e. The molecule has 0 aromatic heterocycles. The summed E-state index contributed by atoms with van der Waals surface area (Å²) in [5, 5.41) is 0. The second-order valence-corrected chi connectivity index (χ2v) is 4.26. The maximum absolute atomic E-state index is 6.06. The highest BCUT2D eigenvalue weighted by Gasteiger charge is 2.17. The fraction of sp³-hybridized carbons (Fsp3) is 0.500. The SMILES string of the molecule is Cc1ccc([C@@H](N)[C@H](N)C(C)C)cc1. The molecule has 0 radical (unpaired) electrons. The average molecular weight is 192 g/mol. The standard InChI is InChI=1S/C12H20N2/c1-8(2)11(13)12(14)10-6-4-9(3)5-7-10/h4-8,11-12H,13-14H2,1-3H3/t11-,12-/m1/s1. The zero-order chi connectivity index (χ0) is 10.7. The van der Waals surface area contributed by atoms with Gasteiger partial charge >= 0.3 is 0 Å². The van der Waals surface area contributed by atoms with Crippen LogP contribution in [0, 0.1) is 12.8 Å². The Labute approximate surface area is 86.3 Å². The van der Waals surface area contributed by atoms with Crippen LogP contribution in [0.3, 0.4) is 0 Å². The summed E-state index contributed by atoms with van der Waals surface area (Å²) in [4.78, 5) is 0. The van der Waals surface area contributed by atoms with Gasteiger partial charge in [0.2, 0.25) is 0 Å². The summed E-state index contributed by atoms with van der Waals surface area (Å²) in [7, 11) is 0. The zero-order valence-corrected chi connectivity index (χ0v) is 9.20. The van der Waals surface area contributed by atoms with Gasteiger partial charge in [0.15, 0.2) is 0 Å². The lowest BCUT2D eigenvalue weighted by atomic mass is 9.92.